The first-order valence-corrected chi connectivity index (χ1v) is 9.41. The van der Waals surface area contributed by atoms with E-state index in [-0.39, 0.29) is 11.9 Å². The number of thiazole rings is 1. The number of carbonyl (C=O) groups is 1. The van der Waals surface area contributed by atoms with Gasteiger partial charge in [-0.25, -0.2) is 9.97 Å². The van der Waals surface area contributed by atoms with E-state index in [1.807, 2.05) is 13.1 Å². The monoisotopic (exact) mass is 363 g/mol. The van der Waals surface area contributed by atoms with Crippen LogP contribution in [0.2, 0.25) is 0 Å². The number of nitrogens with zero attached hydrogens (tertiary/aromatic N) is 4. The molecule has 0 bridgehead atoms. The number of hydrogen-bond acceptors (Lipinski definition) is 6. The van der Waals surface area contributed by atoms with Crippen molar-refractivity contribution in [1.82, 2.24) is 24.8 Å². The van der Waals surface area contributed by atoms with Crippen LogP contribution in [-0.4, -0.2) is 52.1 Å². The van der Waals surface area contributed by atoms with Crippen molar-refractivity contribution in [2.75, 3.05) is 26.8 Å². The van der Waals surface area contributed by atoms with Gasteiger partial charge < -0.3 is 14.6 Å². The Hall–Kier alpha value is -1.77. The van der Waals surface area contributed by atoms with Gasteiger partial charge >= 0.3 is 0 Å². The normalized spacial score (nSPS) is 17.5. The third-order valence-corrected chi connectivity index (χ3v) is 5.33. The summed E-state index contributed by atoms with van der Waals surface area (Å²) in [7, 11) is 1.62. The maximum Gasteiger partial charge on any atom is 0.226 e. The molecule has 1 unspecified atom stereocenters. The molecule has 0 saturated carbocycles. The van der Waals surface area contributed by atoms with Gasteiger partial charge in [0.05, 0.1) is 31.3 Å². The Labute approximate surface area is 152 Å². The first kappa shape index (κ1) is 18.0. The standard InChI is InChI=1S/C17H25N5O2S/c1-12-11-25-16(19-12)10-21-5-6-22-9-14(20-17(22)13(21)2)8-15(23)18-4-7-24-3/h9,11,13H,4-8,10H2,1-3H3,(H,18,23). The molecule has 25 heavy (non-hydrogen) atoms. The Morgan fingerprint density at radius 3 is 3.00 bits per heavy atom. The van der Waals surface area contributed by atoms with Crippen molar-refractivity contribution in [2.24, 2.45) is 0 Å². The molecule has 0 fully saturated rings. The number of hydrogen-bond donors (Lipinski definition) is 1. The smallest absolute Gasteiger partial charge is 0.226 e. The SMILES string of the molecule is COCCNC(=O)Cc1cn2c(n1)C(C)N(Cc1nc(C)cs1)CC2. The summed E-state index contributed by atoms with van der Waals surface area (Å²) in [5, 5.41) is 6.07. The van der Waals surface area contributed by atoms with Gasteiger partial charge in [0.1, 0.15) is 10.8 Å². The van der Waals surface area contributed by atoms with E-state index < -0.39 is 0 Å². The Kier molecular flexibility index (Phi) is 5.82. The highest BCUT2D eigenvalue weighted by Crippen LogP contribution is 2.27. The van der Waals surface area contributed by atoms with Crippen LogP contribution in [0.4, 0.5) is 0 Å². The van der Waals surface area contributed by atoms with Crippen molar-refractivity contribution in [3.8, 4) is 0 Å². The van der Waals surface area contributed by atoms with Gasteiger partial charge in [0, 0.05) is 44.0 Å². The number of nitrogens with one attached hydrogen (secondary N) is 1. The minimum atomic E-state index is -0.0183. The van der Waals surface area contributed by atoms with E-state index >= 15 is 0 Å². The minimum absolute atomic E-state index is 0.0183. The van der Waals surface area contributed by atoms with Gasteiger partial charge in [-0.1, -0.05) is 0 Å². The fourth-order valence-electron chi connectivity index (χ4n) is 3.06. The molecular formula is C17H25N5O2S. The average molecular weight is 363 g/mol. The lowest BCUT2D eigenvalue weighted by Crippen LogP contribution is -2.36. The topological polar surface area (TPSA) is 72.3 Å². The van der Waals surface area contributed by atoms with E-state index in [0.717, 1.165) is 41.9 Å². The van der Waals surface area contributed by atoms with Gasteiger partial charge in [0.25, 0.3) is 0 Å². The summed E-state index contributed by atoms with van der Waals surface area (Å²) in [4.78, 5) is 23.6. The third-order valence-electron chi connectivity index (χ3n) is 4.38. The van der Waals surface area contributed by atoms with Crippen molar-refractivity contribution in [2.45, 2.75) is 39.4 Å². The molecule has 1 atom stereocenters. The molecule has 0 saturated heterocycles. The van der Waals surface area contributed by atoms with Gasteiger partial charge in [-0.2, -0.15) is 0 Å². The lowest BCUT2D eigenvalue weighted by atomic mass is 10.2. The second kappa shape index (κ2) is 8.07. The van der Waals surface area contributed by atoms with Gasteiger partial charge in [-0.3, -0.25) is 9.69 Å². The maximum atomic E-state index is 12.0. The zero-order valence-corrected chi connectivity index (χ0v) is 15.8. The van der Waals surface area contributed by atoms with Crippen LogP contribution in [0.25, 0.3) is 0 Å². The van der Waals surface area contributed by atoms with Gasteiger partial charge in [0.2, 0.25) is 5.91 Å². The molecule has 2 aromatic rings. The fraction of sp³-hybridized carbons (Fsp3) is 0.588. The molecule has 1 amide bonds. The number of aromatic nitrogens is 3. The van der Waals surface area contributed by atoms with E-state index in [1.165, 1.54) is 0 Å². The van der Waals surface area contributed by atoms with E-state index in [9.17, 15) is 4.79 Å². The maximum absolute atomic E-state index is 12.0. The summed E-state index contributed by atoms with van der Waals surface area (Å²) in [5.74, 6) is 1.01. The summed E-state index contributed by atoms with van der Waals surface area (Å²) in [5.41, 5.74) is 1.90. The molecular weight excluding hydrogens is 338 g/mol. The average Bonchev–Trinajstić information content (AvgIpc) is 3.17. The van der Waals surface area contributed by atoms with Crippen LogP contribution in [0.15, 0.2) is 11.6 Å². The number of ether oxygens (including phenoxy) is 1. The second-order valence-electron chi connectivity index (χ2n) is 6.33. The van der Waals surface area contributed by atoms with E-state index in [0.29, 0.717) is 19.6 Å². The molecule has 0 aliphatic carbocycles. The Bertz CT molecular complexity index is 726. The predicted octanol–water partition coefficient (Wildman–Crippen LogP) is 1.53. The number of carbonyl (C=O) groups excluding carboxylic acids is 1. The summed E-state index contributed by atoms with van der Waals surface area (Å²) in [6.45, 7) is 7.94. The van der Waals surface area contributed by atoms with Crippen LogP contribution < -0.4 is 5.32 Å². The second-order valence-corrected chi connectivity index (χ2v) is 7.28. The van der Waals surface area contributed by atoms with Crippen molar-refractivity contribution >= 4 is 17.2 Å². The lowest BCUT2D eigenvalue weighted by Gasteiger charge is -2.33. The van der Waals surface area contributed by atoms with E-state index in [2.05, 4.69) is 32.1 Å². The molecule has 0 spiro atoms. The Morgan fingerprint density at radius 1 is 1.44 bits per heavy atom. The molecule has 0 aromatic carbocycles. The van der Waals surface area contributed by atoms with Gasteiger partial charge in [-0.15, -0.1) is 11.3 Å². The number of fused-ring (bicyclic) bond motifs is 1. The van der Waals surface area contributed by atoms with Crippen LogP contribution >= 0.6 is 11.3 Å². The lowest BCUT2D eigenvalue weighted by molar-refractivity contribution is -0.120. The number of aryl methyl sites for hydroxylation is 1. The summed E-state index contributed by atoms with van der Waals surface area (Å²) >= 11 is 1.71. The van der Waals surface area contributed by atoms with Gasteiger partial charge in [-0.05, 0) is 13.8 Å². The van der Waals surface area contributed by atoms with Crippen LogP contribution in [-0.2, 0) is 29.0 Å². The summed E-state index contributed by atoms with van der Waals surface area (Å²) in [6.07, 6.45) is 2.31. The predicted molar refractivity (Wildman–Crippen MR) is 96.5 cm³/mol. The van der Waals surface area contributed by atoms with Crippen LogP contribution in [0.3, 0.4) is 0 Å². The zero-order valence-electron chi connectivity index (χ0n) is 15.0. The molecule has 7 nitrogen and oxygen atoms in total. The first-order valence-electron chi connectivity index (χ1n) is 8.53. The molecule has 2 aromatic heterocycles. The molecule has 1 aliphatic rings. The molecule has 8 heteroatoms. The molecule has 3 rings (SSSR count). The Balaban J connectivity index is 1.62. The minimum Gasteiger partial charge on any atom is -0.383 e. The van der Waals surface area contributed by atoms with Crippen molar-refractivity contribution in [3.05, 3.63) is 33.8 Å². The summed E-state index contributed by atoms with van der Waals surface area (Å²) in [6, 6.07) is 0.211. The molecule has 3 heterocycles. The molecule has 0 radical (unpaired) electrons. The van der Waals surface area contributed by atoms with Crippen molar-refractivity contribution in [3.63, 3.8) is 0 Å². The van der Waals surface area contributed by atoms with Crippen LogP contribution in [0, 0.1) is 6.92 Å². The number of rotatable bonds is 7. The highest BCUT2D eigenvalue weighted by atomic mass is 32.1. The van der Waals surface area contributed by atoms with Crippen molar-refractivity contribution < 1.29 is 9.53 Å². The molecule has 1 N–H and O–H groups in total. The summed E-state index contributed by atoms with van der Waals surface area (Å²) < 4.78 is 7.11. The van der Waals surface area contributed by atoms with Gasteiger partial charge in [0.15, 0.2) is 0 Å². The number of amides is 1. The van der Waals surface area contributed by atoms with E-state index in [4.69, 9.17) is 9.72 Å². The van der Waals surface area contributed by atoms with Crippen LogP contribution in [0.1, 0.15) is 35.2 Å². The number of methoxy groups -OCH3 is 1. The van der Waals surface area contributed by atoms with E-state index in [1.54, 1.807) is 18.4 Å². The first-order chi connectivity index (χ1) is 12.1. The highest BCUT2D eigenvalue weighted by Gasteiger charge is 2.27. The van der Waals surface area contributed by atoms with Crippen molar-refractivity contribution in [1.29, 1.82) is 0 Å². The quantitative estimate of drug-likeness (QED) is 0.756. The zero-order chi connectivity index (χ0) is 17.8. The third kappa shape index (κ3) is 4.45. The highest BCUT2D eigenvalue weighted by molar-refractivity contribution is 7.09. The Morgan fingerprint density at radius 2 is 2.28 bits per heavy atom. The molecule has 136 valence electrons. The fourth-order valence-corrected chi connectivity index (χ4v) is 3.86. The molecule has 1 aliphatic heterocycles. The number of imidazole rings is 1. The largest absolute Gasteiger partial charge is 0.383 e. The van der Waals surface area contributed by atoms with Crippen LogP contribution in [0.5, 0.6) is 0 Å².